The molecule has 0 atom stereocenters. The van der Waals surface area contributed by atoms with Crippen molar-refractivity contribution in [2.24, 2.45) is 0 Å². The van der Waals surface area contributed by atoms with Gasteiger partial charge in [0, 0.05) is 16.5 Å². The second kappa shape index (κ2) is 9.02. The van der Waals surface area contributed by atoms with Crippen molar-refractivity contribution in [3.63, 3.8) is 0 Å². The number of amides is 1. The highest BCUT2D eigenvalue weighted by Gasteiger charge is 2.33. The first-order chi connectivity index (χ1) is 14.8. The van der Waals surface area contributed by atoms with Gasteiger partial charge < -0.3 is 14.4 Å². The number of alkyl halides is 3. The highest BCUT2D eigenvalue weighted by Crippen LogP contribution is 2.49. The van der Waals surface area contributed by atoms with Crippen LogP contribution in [0, 0.1) is 0 Å². The number of benzene rings is 2. The Labute approximate surface area is 184 Å². The SMILES string of the molecule is CCOc1ccc2c(c1)SN(CC(=O)NC1CCCCC1)c1ccc(C(F)(F)F)cc1-2. The van der Waals surface area contributed by atoms with Crippen molar-refractivity contribution < 1.29 is 22.7 Å². The van der Waals surface area contributed by atoms with E-state index in [0.29, 0.717) is 29.2 Å². The third-order valence-corrected chi connectivity index (χ3v) is 6.69. The quantitative estimate of drug-likeness (QED) is 0.564. The Morgan fingerprint density at radius 1 is 1.13 bits per heavy atom. The molecule has 2 aromatic rings. The van der Waals surface area contributed by atoms with Gasteiger partial charge in [0.2, 0.25) is 5.91 Å². The average Bonchev–Trinajstić information content (AvgIpc) is 2.73. The number of rotatable bonds is 5. The predicted molar refractivity (Wildman–Crippen MR) is 116 cm³/mol. The minimum atomic E-state index is -4.44. The molecule has 1 aliphatic carbocycles. The number of nitrogens with one attached hydrogen (secondary N) is 1. The van der Waals surface area contributed by atoms with E-state index in [-0.39, 0.29) is 18.5 Å². The predicted octanol–water partition coefficient (Wildman–Crippen LogP) is 6.05. The van der Waals surface area contributed by atoms with Gasteiger partial charge in [0.05, 0.1) is 17.9 Å². The Balaban J connectivity index is 1.64. The largest absolute Gasteiger partial charge is 0.494 e. The molecule has 0 aromatic heterocycles. The van der Waals surface area contributed by atoms with E-state index in [0.717, 1.165) is 36.6 Å². The molecule has 1 aliphatic heterocycles. The summed E-state index contributed by atoms with van der Waals surface area (Å²) in [6.07, 6.45) is 0.937. The number of ether oxygens (including phenoxy) is 1. The Morgan fingerprint density at radius 2 is 1.90 bits per heavy atom. The molecule has 1 N–H and O–H groups in total. The molecule has 2 aromatic carbocycles. The standard InChI is InChI=1S/C23H25F3N2O2S/c1-2-30-17-9-10-18-19-12-15(23(24,25)26)8-11-20(19)28(31-21(18)13-17)14-22(29)27-16-6-4-3-5-7-16/h8-13,16H,2-7,14H2,1H3,(H,27,29). The van der Waals surface area contributed by atoms with E-state index in [4.69, 9.17) is 4.74 Å². The second-order valence-electron chi connectivity index (χ2n) is 7.85. The molecule has 0 spiro atoms. The van der Waals surface area contributed by atoms with Crippen molar-refractivity contribution in [3.05, 3.63) is 42.0 Å². The summed E-state index contributed by atoms with van der Waals surface area (Å²) in [7, 11) is 0. The van der Waals surface area contributed by atoms with Crippen LogP contribution in [0.3, 0.4) is 0 Å². The van der Waals surface area contributed by atoms with Crippen molar-refractivity contribution >= 4 is 23.5 Å². The Hall–Kier alpha value is -2.35. The van der Waals surface area contributed by atoms with E-state index >= 15 is 0 Å². The number of anilines is 1. The van der Waals surface area contributed by atoms with Crippen LogP contribution in [0.2, 0.25) is 0 Å². The molecular weight excluding hydrogens is 425 g/mol. The molecule has 1 fully saturated rings. The average molecular weight is 451 g/mol. The van der Waals surface area contributed by atoms with Crippen LogP contribution in [0.4, 0.5) is 18.9 Å². The lowest BCUT2D eigenvalue weighted by Gasteiger charge is -2.32. The molecular formula is C23H25F3N2O2S. The number of carbonyl (C=O) groups excluding carboxylic acids is 1. The van der Waals surface area contributed by atoms with Gasteiger partial charge in [-0.05, 0) is 73.7 Å². The smallest absolute Gasteiger partial charge is 0.416 e. The van der Waals surface area contributed by atoms with Crippen LogP contribution in [-0.2, 0) is 11.0 Å². The number of hydrogen-bond donors (Lipinski definition) is 1. The van der Waals surface area contributed by atoms with Crippen LogP contribution in [0.5, 0.6) is 5.75 Å². The van der Waals surface area contributed by atoms with Gasteiger partial charge in [-0.3, -0.25) is 4.79 Å². The zero-order chi connectivity index (χ0) is 22.0. The highest BCUT2D eigenvalue weighted by molar-refractivity contribution is 8.01. The first kappa shape index (κ1) is 21.9. The fourth-order valence-electron chi connectivity index (χ4n) is 4.14. The first-order valence-electron chi connectivity index (χ1n) is 10.6. The molecule has 8 heteroatoms. The molecule has 1 amide bonds. The minimum Gasteiger partial charge on any atom is -0.494 e. The lowest BCUT2D eigenvalue weighted by atomic mass is 9.95. The van der Waals surface area contributed by atoms with Crippen molar-refractivity contribution in [1.29, 1.82) is 0 Å². The Bertz CT molecular complexity index is 958. The van der Waals surface area contributed by atoms with Crippen LogP contribution < -0.4 is 14.4 Å². The van der Waals surface area contributed by atoms with Crippen LogP contribution >= 0.6 is 11.9 Å². The summed E-state index contributed by atoms with van der Waals surface area (Å²) in [6, 6.07) is 9.24. The van der Waals surface area contributed by atoms with Crippen molar-refractivity contribution in [2.45, 2.75) is 56.1 Å². The van der Waals surface area contributed by atoms with Crippen LogP contribution in [0.1, 0.15) is 44.6 Å². The van der Waals surface area contributed by atoms with Gasteiger partial charge in [0.1, 0.15) is 12.3 Å². The Morgan fingerprint density at radius 3 is 2.61 bits per heavy atom. The van der Waals surface area contributed by atoms with E-state index in [2.05, 4.69) is 5.32 Å². The molecule has 4 rings (SSSR count). The normalized spacial score (nSPS) is 16.5. The zero-order valence-corrected chi connectivity index (χ0v) is 18.1. The molecule has 31 heavy (non-hydrogen) atoms. The number of hydrogen-bond acceptors (Lipinski definition) is 4. The lowest BCUT2D eigenvalue weighted by molar-refractivity contribution is -0.137. The van der Waals surface area contributed by atoms with E-state index in [1.165, 1.54) is 30.5 Å². The second-order valence-corrected chi connectivity index (χ2v) is 8.91. The molecule has 0 bridgehead atoms. The summed E-state index contributed by atoms with van der Waals surface area (Å²) >= 11 is 1.35. The first-order valence-corrected chi connectivity index (χ1v) is 11.4. The molecule has 0 radical (unpaired) electrons. The van der Waals surface area contributed by atoms with E-state index in [9.17, 15) is 18.0 Å². The fraction of sp³-hybridized carbons (Fsp3) is 0.435. The monoisotopic (exact) mass is 450 g/mol. The third kappa shape index (κ3) is 4.95. The molecule has 1 saturated carbocycles. The van der Waals surface area contributed by atoms with Gasteiger partial charge in [-0.25, -0.2) is 0 Å². The Kier molecular flexibility index (Phi) is 6.36. The summed E-state index contributed by atoms with van der Waals surface area (Å²) in [4.78, 5) is 13.5. The van der Waals surface area contributed by atoms with E-state index in [1.807, 2.05) is 13.0 Å². The third-order valence-electron chi connectivity index (χ3n) is 5.61. The van der Waals surface area contributed by atoms with Crippen LogP contribution in [0.15, 0.2) is 41.3 Å². The maximum absolute atomic E-state index is 13.4. The summed E-state index contributed by atoms with van der Waals surface area (Å²) < 4.78 is 47.4. The summed E-state index contributed by atoms with van der Waals surface area (Å²) in [6.45, 7) is 2.43. The van der Waals surface area contributed by atoms with E-state index < -0.39 is 11.7 Å². The van der Waals surface area contributed by atoms with Gasteiger partial charge >= 0.3 is 6.18 Å². The van der Waals surface area contributed by atoms with Gasteiger partial charge in [0.25, 0.3) is 0 Å². The molecule has 0 unspecified atom stereocenters. The maximum Gasteiger partial charge on any atom is 0.416 e. The molecule has 0 saturated heterocycles. The highest BCUT2D eigenvalue weighted by atomic mass is 32.2. The molecule has 2 aliphatic rings. The van der Waals surface area contributed by atoms with E-state index in [1.54, 1.807) is 16.4 Å². The van der Waals surface area contributed by atoms with Gasteiger partial charge in [0.15, 0.2) is 0 Å². The van der Waals surface area contributed by atoms with Crippen LogP contribution in [0.25, 0.3) is 11.1 Å². The number of fused-ring (bicyclic) bond motifs is 3. The van der Waals surface area contributed by atoms with Gasteiger partial charge in [-0.1, -0.05) is 19.3 Å². The van der Waals surface area contributed by atoms with Gasteiger partial charge in [-0.2, -0.15) is 13.2 Å². The number of halogens is 3. The van der Waals surface area contributed by atoms with Crippen molar-refractivity contribution in [1.82, 2.24) is 5.32 Å². The van der Waals surface area contributed by atoms with Crippen LogP contribution in [-0.4, -0.2) is 25.1 Å². The molecule has 1 heterocycles. The minimum absolute atomic E-state index is 0.0673. The lowest BCUT2D eigenvalue weighted by Crippen LogP contribution is -2.41. The molecule has 4 nitrogen and oxygen atoms in total. The number of nitrogens with zero attached hydrogens (tertiary/aromatic N) is 1. The number of carbonyl (C=O) groups is 1. The van der Waals surface area contributed by atoms with Crippen molar-refractivity contribution in [3.8, 4) is 16.9 Å². The zero-order valence-electron chi connectivity index (χ0n) is 17.3. The van der Waals surface area contributed by atoms with Crippen molar-refractivity contribution in [2.75, 3.05) is 17.5 Å². The summed E-state index contributed by atoms with van der Waals surface area (Å²) in [5.74, 6) is 0.533. The maximum atomic E-state index is 13.4. The molecule has 166 valence electrons. The fourth-order valence-corrected chi connectivity index (χ4v) is 5.26. The topological polar surface area (TPSA) is 41.6 Å². The van der Waals surface area contributed by atoms with Gasteiger partial charge in [-0.15, -0.1) is 0 Å². The summed E-state index contributed by atoms with van der Waals surface area (Å²) in [5, 5.41) is 3.09. The summed E-state index contributed by atoms with van der Waals surface area (Å²) in [5.41, 5.74) is 1.08.